The van der Waals surface area contributed by atoms with Crippen molar-refractivity contribution < 1.29 is 14.3 Å². The molecule has 0 atom stereocenters. The molecule has 7 heteroatoms. The first-order chi connectivity index (χ1) is 9.78. The molecule has 0 radical (unpaired) electrons. The zero-order valence-electron chi connectivity index (χ0n) is 13.1. The van der Waals surface area contributed by atoms with Gasteiger partial charge in [0, 0.05) is 25.0 Å². The smallest absolute Gasteiger partial charge is 0.358 e. The summed E-state index contributed by atoms with van der Waals surface area (Å²) in [7, 11) is 1.80. The van der Waals surface area contributed by atoms with Gasteiger partial charge in [0.2, 0.25) is 5.91 Å². The van der Waals surface area contributed by atoms with E-state index in [1.807, 2.05) is 25.7 Å². The van der Waals surface area contributed by atoms with Crippen LogP contribution in [0.1, 0.15) is 36.1 Å². The number of esters is 1. The first-order valence-electron chi connectivity index (χ1n) is 6.96. The van der Waals surface area contributed by atoms with Gasteiger partial charge in [0.15, 0.2) is 10.8 Å². The standard InChI is InChI=1S/C14H21N3O3S/c1-6-20-11(18)10-9(2)21-13(15-10)17-8-7-16(5)12(19)14(17,3)4/h6-8H2,1-5H3. The van der Waals surface area contributed by atoms with Crippen molar-refractivity contribution in [2.75, 3.05) is 31.6 Å². The van der Waals surface area contributed by atoms with Crippen LogP contribution in [0.3, 0.4) is 0 Å². The van der Waals surface area contributed by atoms with Crippen molar-refractivity contribution in [3.05, 3.63) is 10.6 Å². The number of hydrogen-bond acceptors (Lipinski definition) is 6. The molecule has 6 nitrogen and oxygen atoms in total. The largest absolute Gasteiger partial charge is 0.461 e. The lowest BCUT2D eigenvalue weighted by atomic mass is 9.99. The quantitative estimate of drug-likeness (QED) is 0.795. The number of piperazine rings is 1. The van der Waals surface area contributed by atoms with Crippen LogP contribution in [0.15, 0.2) is 0 Å². The van der Waals surface area contributed by atoms with Gasteiger partial charge in [-0.3, -0.25) is 4.79 Å². The van der Waals surface area contributed by atoms with Crippen LogP contribution in [0, 0.1) is 6.92 Å². The van der Waals surface area contributed by atoms with Crippen LogP contribution >= 0.6 is 11.3 Å². The molecular formula is C14H21N3O3S. The van der Waals surface area contributed by atoms with Gasteiger partial charge in [-0.2, -0.15) is 0 Å². The fraction of sp³-hybridized carbons (Fsp3) is 0.643. The van der Waals surface area contributed by atoms with Crippen LogP contribution in [-0.2, 0) is 9.53 Å². The molecule has 2 rings (SSSR count). The van der Waals surface area contributed by atoms with Gasteiger partial charge in [-0.05, 0) is 27.7 Å². The van der Waals surface area contributed by atoms with Gasteiger partial charge in [-0.1, -0.05) is 0 Å². The number of likely N-dealkylation sites (N-methyl/N-ethyl adjacent to an activating group) is 1. The van der Waals surface area contributed by atoms with Gasteiger partial charge >= 0.3 is 5.97 Å². The van der Waals surface area contributed by atoms with Crippen LogP contribution in [0.4, 0.5) is 5.13 Å². The molecule has 0 unspecified atom stereocenters. The molecule has 0 aromatic carbocycles. The molecule has 1 amide bonds. The normalized spacial score (nSPS) is 18.0. The van der Waals surface area contributed by atoms with E-state index in [1.54, 1.807) is 18.9 Å². The zero-order valence-corrected chi connectivity index (χ0v) is 13.9. The van der Waals surface area contributed by atoms with Crippen molar-refractivity contribution in [2.24, 2.45) is 0 Å². The summed E-state index contributed by atoms with van der Waals surface area (Å²) in [4.78, 5) is 33.1. The van der Waals surface area contributed by atoms with E-state index < -0.39 is 11.5 Å². The number of ether oxygens (including phenoxy) is 1. The maximum atomic E-state index is 12.3. The Morgan fingerprint density at radius 1 is 1.43 bits per heavy atom. The third-order valence-corrected chi connectivity index (χ3v) is 4.68. The molecule has 1 aliphatic rings. The minimum absolute atomic E-state index is 0.0549. The SMILES string of the molecule is CCOC(=O)c1nc(N2CCN(C)C(=O)C2(C)C)sc1C. The van der Waals surface area contributed by atoms with E-state index in [0.29, 0.717) is 30.5 Å². The lowest BCUT2D eigenvalue weighted by molar-refractivity contribution is -0.136. The van der Waals surface area contributed by atoms with Gasteiger partial charge in [-0.25, -0.2) is 9.78 Å². The molecule has 1 saturated heterocycles. The van der Waals surface area contributed by atoms with E-state index in [2.05, 4.69) is 4.98 Å². The Bertz CT molecular complexity index is 568. The predicted octanol–water partition coefficient (Wildman–Crippen LogP) is 1.69. The lowest BCUT2D eigenvalue weighted by Crippen LogP contribution is -2.62. The Morgan fingerprint density at radius 3 is 2.71 bits per heavy atom. The average Bonchev–Trinajstić information content (AvgIpc) is 2.78. The van der Waals surface area contributed by atoms with Crippen LogP contribution < -0.4 is 4.90 Å². The number of anilines is 1. The van der Waals surface area contributed by atoms with Crippen LogP contribution in [-0.4, -0.2) is 54.0 Å². The summed E-state index contributed by atoms with van der Waals surface area (Å²) >= 11 is 1.42. The lowest BCUT2D eigenvalue weighted by Gasteiger charge is -2.44. The minimum atomic E-state index is -0.663. The summed E-state index contributed by atoms with van der Waals surface area (Å²) < 4.78 is 5.01. The van der Waals surface area contributed by atoms with E-state index in [-0.39, 0.29) is 5.91 Å². The maximum absolute atomic E-state index is 12.3. The number of thiazole rings is 1. The fourth-order valence-electron chi connectivity index (χ4n) is 2.44. The third kappa shape index (κ3) is 2.74. The van der Waals surface area contributed by atoms with Crippen molar-refractivity contribution in [3.8, 4) is 0 Å². The van der Waals surface area contributed by atoms with E-state index in [4.69, 9.17) is 4.74 Å². The van der Waals surface area contributed by atoms with E-state index in [9.17, 15) is 9.59 Å². The van der Waals surface area contributed by atoms with Crippen LogP contribution in [0.5, 0.6) is 0 Å². The molecule has 1 aromatic heterocycles. The molecule has 21 heavy (non-hydrogen) atoms. The Kier molecular flexibility index (Phi) is 4.22. The highest BCUT2D eigenvalue weighted by Gasteiger charge is 2.42. The van der Waals surface area contributed by atoms with Crippen molar-refractivity contribution in [2.45, 2.75) is 33.2 Å². The number of rotatable bonds is 3. The van der Waals surface area contributed by atoms with Gasteiger partial charge in [0.1, 0.15) is 5.54 Å². The second-order valence-electron chi connectivity index (χ2n) is 5.56. The molecule has 116 valence electrons. The maximum Gasteiger partial charge on any atom is 0.358 e. The highest BCUT2D eigenvalue weighted by molar-refractivity contribution is 7.15. The van der Waals surface area contributed by atoms with E-state index in [1.165, 1.54) is 11.3 Å². The van der Waals surface area contributed by atoms with Gasteiger partial charge in [0.05, 0.1) is 6.61 Å². The first-order valence-corrected chi connectivity index (χ1v) is 7.78. The van der Waals surface area contributed by atoms with Crippen LogP contribution in [0.25, 0.3) is 0 Å². The summed E-state index contributed by atoms with van der Waals surface area (Å²) in [5.74, 6) is -0.352. The monoisotopic (exact) mass is 311 g/mol. The van der Waals surface area contributed by atoms with Gasteiger partial charge in [-0.15, -0.1) is 11.3 Å². The number of hydrogen-bond donors (Lipinski definition) is 0. The number of aromatic nitrogens is 1. The van der Waals surface area contributed by atoms with Crippen molar-refractivity contribution in [1.82, 2.24) is 9.88 Å². The molecule has 1 aliphatic heterocycles. The number of aryl methyl sites for hydroxylation is 1. The number of carbonyl (C=O) groups is 2. The third-order valence-electron chi connectivity index (χ3n) is 3.69. The summed E-state index contributed by atoms with van der Waals surface area (Å²) in [5, 5.41) is 0.696. The Balaban J connectivity index is 2.32. The van der Waals surface area contributed by atoms with E-state index >= 15 is 0 Å². The zero-order chi connectivity index (χ0) is 15.8. The average molecular weight is 311 g/mol. The molecule has 0 N–H and O–H groups in total. The molecule has 1 fully saturated rings. The molecule has 0 spiro atoms. The van der Waals surface area contributed by atoms with Gasteiger partial charge < -0.3 is 14.5 Å². The summed E-state index contributed by atoms with van der Waals surface area (Å²) in [6.07, 6.45) is 0. The predicted molar refractivity (Wildman–Crippen MR) is 81.9 cm³/mol. The second kappa shape index (κ2) is 5.63. The second-order valence-corrected chi connectivity index (χ2v) is 6.74. The molecule has 0 aliphatic carbocycles. The summed E-state index contributed by atoms with van der Waals surface area (Å²) in [5.41, 5.74) is -0.317. The highest BCUT2D eigenvalue weighted by Crippen LogP contribution is 2.33. The van der Waals surface area contributed by atoms with Crippen LogP contribution in [0.2, 0.25) is 0 Å². The van der Waals surface area contributed by atoms with Crippen molar-refractivity contribution in [1.29, 1.82) is 0 Å². The van der Waals surface area contributed by atoms with Gasteiger partial charge in [0.25, 0.3) is 0 Å². The summed E-state index contributed by atoms with van der Waals surface area (Å²) in [6.45, 7) is 9.04. The molecule has 0 bridgehead atoms. The first kappa shape index (κ1) is 15.8. The number of nitrogens with zero attached hydrogens (tertiary/aromatic N) is 3. The topological polar surface area (TPSA) is 62.7 Å². The number of carbonyl (C=O) groups excluding carboxylic acids is 2. The molecule has 0 saturated carbocycles. The molecule has 2 heterocycles. The van der Waals surface area contributed by atoms with Crippen molar-refractivity contribution >= 4 is 28.3 Å². The Morgan fingerprint density at radius 2 is 2.10 bits per heavy atom. The molecule has 1 aromatic rings. The Labute approximate surface area is 128 Å². The molecular weight excluding hydrogens is 290 g/mol. The Hall–Kier alpha value is -1.63. The fourth-order valence-corrected chi connectivity index (χ4v) is 3.50. The van der Waals surface area contributed by atoms with E-state index in [0.717, 1.165) is 4.88 Å². The summed E-state index contributed by atoms with van der Waals surface area (Å²) in [6, 6.07) is 0. The number of amides is 1. The van der Waals surface area contributed by atoms with Crippen molar-refractivity contribution in [3.63, 3.8) is 0 Å². The minimum Gasteiger partial charge on any atom is -0.461 e. The highest BCUT2D eigenvalue weighted by atomic mass is 32.1.